The van der Waals surface area contributed by atoms with E-state index in [0.29, 0.717) is 6.42 Å². The van der Waals surface area contributed by atoms with Crippen molar-refractivity contribution in [3.05, 3.63) is 11.6 Å². The fourth-order valence-corrected chi connectivity index (χ4v) is 8.18. The van der Waals surface area contributed by atoms with Crippen LogP contribution in [0.3, 0.4) is 0 Å². The Hall–Kier alpha value is -1.29. The summed E-state index contributed by atoms with van der Waals surface area (Å²) in [6.07, 6.45) is 1.34. The molecule has 5 fully saturated rings. The minimum absolute atomic E-state index is 0.0633. The van der Waals surface area contributed by atoms with Gasteiger partial charge in [0.15, 0.2) is 11.7 Å². The lowest BCUT2D eigenvalue weighted by atomic mass is 9.47. The zero-order valence-electron chi connectivity index (χ0n) is 16.7. The van der Waals surface area contributed by atoms with Crippen LogP contribution in [0.2, 0.25) is 0 Å². The van der Waals surface area contributed by atoms with E-state index in [1.165, 1.54) is 19.3 Å². The van der Waals surface area contributed by atoms with Crippen molar-refractivity contribution in [3.8, 4) is 0 Å². The molecule has 0 bridgehead atoms. The second-order valence-electron chi connectivity index (χ2n) is 10.1. The Morgan fingerprint density at radius 3 is 2.69 bits per heavy atom. The number of rotatable bonds is 3. The lowest BCUT2D eigenvalue weighted by molar-refractivity contribution is -0.168. The Balaban J connectivity index is 1.52. The van der Waals surface area contributed by atoms with Gasteiger partial charge in [-0.1, -0.05) is 6.92 Å². The van der Waals surface area contributed by atoms with E-state index in [4.69, 9.17) is 18.9 Å². The van der Waals surface area contributed by atoms with Gasteiger partial charge in [0.1, 0.15) is 29.3 Å². The van der Waals surface area contributed by atoms with Crippen LogP contribution in [0.1, 0.15) is 27.2 Å². The Kier molecular flexibility index (Phi) is 3.16. The van der Waals surface area contributed by atoms with Gasteiger partial charge in [-0.2, -0.15) is 0 Å². The minimum atomic E-state index is -1.56. The molecular formula is C20H24O8S. The molecule has 0 aromatic carbocycles. The van der Waals surface area contributed by atoms with Crippen molar-refractivity contribution in [1.82, 2.24) is 0 Å². The van der Waals surface area contributed by atoms with Crippen LogP contribution >= 0.6 is 0 Å². The van der Waals surface area contributed by atoms with Crippen LogP contribution in [0.4, 0.5) is 0 Å². The summed E-state index contributed by atoms with van der Waals surface area (Å²) in [5.74, 6) is -1.10. The third-order valence-electron chi connectivity index (χ3n) is 8.11. The van der Waals surface area contributed by atoms with Crippen LogP contribution in [-0.2, 0) is 39.3 Å². The SMILES string of the molecule is CS(=O)C[C@](C)(O)[C@H]1OC(=O)C=C2[C@@]13O[C@@H]3C1OC(=O)[C@@]3(C)[C@H]4O[C@H]4C[C@@]2(C)[C@@H]13. The summed E-state index contributed by atoms with van der Waals surface area (Å²) >= 11 is 0. The van der Waals surface area contributed by atoms with E-state index in [2.05, 4.69) is 0 Å². The van der Waals surface area contributed by atoms with Crippen molar-refractivity contribution in [1.29, 1.82) is 0 Å². The van der Waals surface area contributed by atoms with Gasteiger partial charge in [0, 0.05) is 34.5 Å². The fourth-order valence-electron chi connectivity index (χ4n) is 7.20. The quantitative estimate of drug-likeness (QED) is 0.491. The molecule has 0 amide bonds. The first kappa shape index (κ1) is 18.5. The van der Waals surface area contributed by atoms with Crippen molar-refractivity contribution >= 4 is 22.7 Å². The van der Waals surface area contributed by atoms with E-state index in [9.17, 15) is 18.9 Å². The van der Waals surface area contributed by atoms with Gasteiger partial charge in [0.05, 0.1) is 11.9 Å². The number of hydrogen-bond donors (Lipinski definition) is 1. The summed E-state index contributed by atoms with van der Waals surface area (Å²) in [5.41, 5.74) is -3.24. The molecule has 0 aromatic heterocycles. The molecule has 1 spiro atoms. The highest BCUT2D eigenvalue weighted by molar-refractivity contribution is 7.84. The number of carbonyl (C=O) groups is 2. The van der Waals surface area contributed by atoms with Crippen LogP contribution in [0.25, 0.3) is 0 Å². The molecule has 1 N–H and O–H groups in total. The Morgan fingerprint density at radius 2 is 2.00 bits per heavy atom. The number of aliphatic hydroxyl groups is 1. The van der Waals surface area contributed by atoms with Gasteiger partial charge in [-0.3, -0.25) is 9.00 Å². The van der Waals surface area contributed by atoms with E-state index < -0.39 is 57.1 Å². The average molecular weight is 424 g/mol. The number of fused-ring (bicyclic) bond motifs is 4. The van der Waals surface area contributed by atoms with Gasteiger partial charge in [-0.15, -0.1) is 0 Å². The molecule has 8 nitrogen and oxygen atoms in total. The molecule has 3 saturated heterocycles. The summed E-state index contributed by atoms with van der Waals surface area (Å²) < 4.78 is 35.4. The standard InChI is InChI=1S/C20H24O8S/c1-17-6-8-13(25-8)19(3)12(17)11(27-16(19)22)14-20(28-14)9(17)5-10(21)26-15(20)18(2,23)7-29(4)24/h5,8,11-15,23H,6-7H2,1-4H3/t8-,11?,12+,13-,14+,15+,17+,18-,19+,20-,29?/m0/s1. The molecule has 2 aliphatic carbocycles. The number of epoxide rings is 2. The predicted molar refractivity (Wildman–Crippen MR) is 98.0 cm³/mol. The van der Waals surface area contributed by atoms with Crippen molar-refractivity contribution in [2.75, 3.05) is 12.0 Å². The van der Waals surface area contributed by atoms with E-state index in [1.807, 2.05) is 13.8 Å². The third kappa shape index (κ3) is 1.94. The number of carbonyl (C=O) groups excluding carboxylic acids is 2. The van der Waals surface area contributed by atoms with E-state index in [0.717, 1.165) is 5.57 Å². The normalized spacial score (nSPS) is 56.4. The zero-order chi connectivity index (χ0) is 20.7. The lowest BCUT2D eigenvalue weighted by Gasteiger charge is -2.53. The van der Waals surface area contributed by atoms with Crippen molar-refractivity contribution in [3.63, 3.8) is 0 Å². The molecule has 6 rings (SSSR count). The van der Waals surface area contributed by atoms with E-state index in [1.54, 1.807) is 0 Å². The molecule has 2 saturated carbocycles. The number of hydrogen-bond acceptors (Lipinski definition) is 8. The molecule has 0 radical (unpaired) electrons. The first-order valence-electron chi connectivity index (χ1n) is 9.96. The molecule has 6 aliphatic rings. The summed E-state index contributed by atoms with van der Waals surface area (Å²) in [4.78, 5) is 25.5. The molecule has 9 heteroatoms. The largest absolute Gasteiger partial charge is 0.459 e. The Labute approximate surface area is 170 Å². The number of cyclic esters (lactones) is 1. The van der Waals surface area contributed by atoms with Crippen molar-refractivity contribution < 1.29 is 37.9 Å². The molecular weight excluding hydrogens is 400 g/mol. The van der Waals surface area contributed by atoms with Crippen molar-refractivity contribution in [2.24, 2.45) is 16.7 Å². The first-order valence-corrected chi connectivity index (χ1v) is 11.7. The average Bonchev–Trinajstić information content (AvgIpc) is 3.48. The second kappa shape index (κ2) is 4.95. The monoisotopic (exact) mass is 424 g/mol. The molecule has 158 valence electrons. The van der Waals surface area contributed by atoms with Gasteiger partial charge < -0.3 is 24.1 Å². The maximum Gasteiger partial charge on any atom is 0.331 e. The predicted octanol–water partition coefficient (Wildman–Crippen LogP) is -0.156. The molecule has 29 heavy (non-hydrogen) atoms. The third-order valence-corrected chi connectivity index (χ3v) is 9.10. The Bertz CT molecular complexity index is 927. The van der Waals surface area contributed by atoms with Gasteiger partial charge >= 0.3 is 11.9 Å². The summed E-state index contributed by atoms with van der Waals surface area (Å²) in [6, 6.07) is 0. The van der Waals surface area contributed by atoms with Gasteiger partial charge in [-0.25, -0.2) is 4.79 Å². The highest BCUT2D eigenvalue weighted by atomic mass is 32.2. The zero-order valence-corrected chi connectivity index (χ0v) is 17.5. The van der Waals surface area contributed by atoms with Gasteiger partial charge in [0.25, 0.3) is 0 Å². The minimum Gasteiger partial charge on any atom is -0.459 e. The van der Waals surface area contributed by atoms with Crippen LogP contribution in [0, 0.1) is 16.7 Å². The van der Waals surface area contributed by atoms with Crippen LogP contribution in [0.15, 0.2) is 11.6 Å². The number of ether oxygens (including phenoxy) is 4. The maximum absolute atomic E-state index is 12.9. The number of esters is 2. The molecule has 4 heterocycles. The topological polar surface area (TPSA) is 115 Å². The molecule has 4 aliphatic heterocycles. The van der Waals surface area contributed by atoms with Crippen LogP contribution in [0.5, 0.6) is 0 Å². The Morgan fingerprint density at radius 1 is 1.28 bits per heavy atom. The summed E-state index contributed by atoms with van der Waals surface area (Å²) in [7, 11) is -1.31. The van der Waals surface area contributed by atoms with Crippen LogP contribution < -0.4 is 0 Å². The van der Waals surface area contributed by atoms with Gasteiger partial charge in [-0.05, 0) is 25.8 Å². The smallest absolute Gasteiger partial charge is 0.331 e. The second-order valence-corrected chi connectivity index (χ2v) is 11.6. The van der Waals surface area contributed by atoms with Crippen molar-refractivity contribution in [2.45, 2.75) is 68.9 Å². The highest BCUT2D eigenvalue weighted by Crippen LogP contribution is 2.75. The molecule has 0 aromatic rings. The summed E-state index contributed by atoms with van der Waals surface area (Å²) in [6.45, 7) is 5.45. The fraction of sp³-hybridized carbons (Fsp3) is 0.800. The molecule has 11 atom stereocenters. The van der Waals surface area contributed by atoms with Gasteiger partial charge in [0.2, 0.25) is 0 Å². The van der Waals surface area contributed by atoms with E-state index >= 15 is 0 Å². The van der Waals surface area contributed by atoms with E-state index in [-0.39, 0.29) is 29.8 Å². The highest BCUT2D eigenvalue weighted by Gasteiger charge is 2.87. The van der Waals surface area contributed by atoms with Crippen LogP contribution in [-0.4, -0.2) is 75.0 Å². The molecule has 2 unspecified atom stereocenters. The summed E-state index contributed by atoms with van der Waals surface area (Å²) in [5, 5.41) is 11.2. The lowest BCUT2D eigenvalue weighted by Crippen LogP contribution is -2.65. The first-order chi connectivity index (χ1) is 13.5. The maximum atomic E-state index is 12.9.